The summed E-state index contributed by atoms with van der Waals surface area (Å²) in [7, 11) is 0. The quantitative estimate of drug-likeness (QED) is 0.580. The number of anilines is 2. The number of hydrogen-bond donors (Lipinski definition) is 1. The molecule has 168 valence electrons. The zero-order chi connectivity index (χ0) is 23.5. The molecule has 2 amide bonds. The van der Waals surface area contributed by atoms with Gasteiger partial charge in [-0.25, -0.2) is 19.9 Å². The molecule has 2 aromatic heterocycles. The van der Waals surface area contributed by atoms with Gasteiger partial charge in [-0.15, -0.1) is 0 Å². The summed E-state index contributed by atoms with van der Waals surface area (Å²) in [5, 5.41) is 3.85. The summed E-state index contributed by atoms with van der Waals surface area (Å²) in [4.78, 5) is 44.9. The molecule has 0 atom stereocenters. The lowest BCUT2D eigenvalue weighted by Gasteiger charge is -2.35. The van der Waals surface area contributed by atoms with Crippen molar-refractivity contribution < 1.29 is 9.59 Å². The van der Waals surface area contributed by atoms with Gasteiger partial charge in [0.1, 0.15) is 12.1 Å². The number of nitrogens with zero attached hydrogens (tertiary/aromatic N) is 6. The normalized spacial score (nSPS) is 13.6. The number of rotatable bonds is 5. The summed E-state index contributed by atoms with van der Waals surface area (Å²) in [6, 6.07) is 3.68. The van der Waals surface area contributed by atoms with Crippen molar-refractivity contribution in [2.75, 3.05) is 36.4 Å². The Hall–Kier alpha value is -3.85. The first-order chi connectivity index (χ1) is 15.9. The molecule has 0 saturated carbocycles. The third-order valence-electron chi connectivity index (χ3n) is 5.42. The molecule has 33 heavy (non-hydrogen) atoms. The van der Waals surface area contributed by atoms with Crippen molar-refractivity contribution in [2.24, 2.45) is 0 Å². The molecule has 0 radical (unpaired) electrons. The molecular formula is C23H22ClN7O2. The van der Waals surface area contributed by atoms with E-state index in [0.29, 0.717) is 48.0 Å². The van der Waals surface area contributed by atoms with Crippen molar-refractivity contribution in [1.82, 2.24) is 24.8 Å². The van der Waals surface area contributed by atoms with E-state index >= 15 is 0 Å². The Morgan fingerprint density at radius 2 is 1.85 bits per heavy atom. The summed E-state index contributed by atoms with van der Waals surface area (Å²) < 4.78 is 0. The van der Waals surface area contributed by atoms with E-state index < -0.39 is 5.91 Å². The van der Waals surface area contributed by atoms with Crippen LogP contribution in [-0.4, -0.2) is 62.8 Å². The van der Waals surface area contributed by atoms with Crippen LogP contribution >= 0.6 is 11.6 Å². The van der Waals surface area contributed by atoms with Crippen LogP contribution in [0.15, 0.2) is 50.0 Å². The van der Waals surface area contributed by atoms with Crippen LogP contribution in [-0.2, 0) is 9.59 Å². The van der Waals surface area contributed by atoms with Crippen LogP contribution in [0.1, 0.15) is 5.56 Å². The molecule has 3 aromatic rings. The van der Waals surface area contributed by atoms with Crippen molar-refractivity contribution in [3.63, 3.8) is 0 Å². The van der Waals surface area contributed by atoms with Crippen molar-refractivity contribution in [1.29, 1.82) is 0 Å². The Balaban J connectivity index is 1.69. The fourth-order valence-corrected chi connectivity index (χ4v) is 3.95. The number of carbonyl (C=O) groups is 2. The summed E-state index contributed by atoms with van der Waals surface area (Å²) in [6.45, 7) is 11.3. The first-order valence-corrected chi connectivity index (χ1v) is 10.7. The van der Waals surface area contributed by atoms with E-state index in [4.69, 9.17) is 11.6 Å². The van der Waals surface area contributed by atoms with Crippen LogP contribution in [0.2, 0.25) is 5.02 Å². The smallest absolute Gasteiger partial charge is 0.250 e. The highest BCUT2D eigenvalue weighted by Crippen LogP contribution is 2.35. The van der Waals surface area contributed by atoms with Gasteiger partial charge in [-0.1, -0.05) is 24.8 Å². The van der Waals surface area contributed by atoms with E-state index in [1.54, 1.807) is 11.1 Å². The molecule has 1 saturated heterocycles. The van der Waals surface area contributed by atoms with Crippen LogP contribution in [0.3, 0.4) is 0 Å². The maximum atomic E-state index is 11.9. The maximum absolute atomic E-state index is 11.9. The van der Waals surface area contributed by atoms with Gasteiger partial charge in [-0.3, -0.25) is 14.9 Å². The lowest BCUT2D eigenvalue weighted by atomic mass is 10.1. The van der Waals surface area contributed by atoms with E-state index in [1.165, 1.54) is 12.4 Å². The minimum atomic E-state index is -0.401. The van der Waals surface area contributed by atoms with E-state index in [-0.39, 0.29) is 11.9 Å². The van der Waals surface area contributed by atoms with Gasteiger partial charge in [-0.2, -0.15) is 0 Å². The fourth-order valence-electron chi connectivity index (χ4n) is 3.70. The standard InChI is InChI=1S/C23H22ClN7O2/c1-4-19(32)28-23-25-12-14(3)21(29-23)15-11-18-16(10-17(15)24)22(27-13-26-18)31-8-6-30(7-9-31)20(33)5-2/h4-5,10-13H,1-2,6-9H2,3H3,(H,25,28,29,32). The molecule has 1 N–H and O–H groups in total. The Bertz CT molecular complexity index is 1270. The molecule has 1 fully saturated rings. The number of fused-ring (bicyclic) bond motifs is 1. The zero-order valence-electron chi connectivity index (χ0n) is 18.1. The minimum absolute atomic E-state index is 0.0706. The summed E-state index contributed by atoms with van der Waals surface area (Å²) in [5.41, 5.74) is 2.76. The molecule has 1 aliphatic rings. The van der Waals surface area contributed by atoms with Gasteiger partial charge < -0.3 is 9.80 Å². The van der Waals surface area contributed by atoms with E-state index in [9.17, 15) is 9.59 Å². The van der Waals surface area contributed by atoms with E-state index in [2.05, 4.69) is 43.3 Å². The fraction of sp³-hybridized carbons (Fsp3) is 0.217. The maximum Gasteiger partial charge on any atom is 0.250 e. The van der Waals surface area contributed by atoms with Crippen LogP contribution in [0.4, 0.5) is 11.8 Å². The molecular weight excluding hydrogens is 442 g/mol. The van der Waals surface area contributed by atoms with Crippen LogP contribution in [0.5, 0.6) is 0 Å². The summed E-state index contributed by atoms with van der Waals surface area (Å²) in [6.07, 6.45) is 5.62. The lowest BCUT2D eigenvalue weighted by molar-refractivity contribution is -0.126. The molecule has 9 nitrogen and oxygen atoms in total. The molecule has 0 aliphatic carbocycles. The number of amides is 2. The van der Waals surface area contributed by atoms with Crippen LogP contribution < -0.4 is 10.2 Å². The number of hydrogen-bond acceptors (Lipinski definition) is 7. The van der Waals surface area contributed by atoms with Crippen molar-refractivity contribution >= 4 is 46.1 Å². The topological polar surface area (TPSA) is 104 Å². The second kappa shape index (κ2) is 9.33. The number of halogens is 1. The third-order valence-corrected chi connectivity index (χ3v) is 5.73. The van der Waals surface area contributed by atoms with Crippen LogP contribution in [0, 0.1) is 6.92 Å². The number of carbonyl (C=O) groups excluding carboxylic acids is 2. The van der Waals surface area contributed by atoms with Crippen molar-refractivity contribution in [3.8, 4) is 11.3 Å². The van der Waals surface area contributed by atoms with Crippen molar-refractivity contribution in [3.05, 3.63) is 60.6 Å². The summed E-state index contributed by atoms with van der Waals surface area (Å²) in [5.74, 6) is 0.449. The van der Waals surface area contributed by atoms with Gasteiger partial charge in [0.15, 0.2) is 0 Å². The molecule has 0 bridgehead atoms. The average molecular weight is 464 g/mol. The molecule has 1 aliphatic heterocycles. The van der Waals surface area contributed by atoms with Gasteiger partial charge in [0.2, 0.25) is 17.8 Å². The van der Waals surface area contributed by atoms with Gasteiger partial charge in [0.05, 0.1) is 16.2 Å². The number of aryl methyl sites for hydroxylation is 1. The molecule has 4 rings (SSSR count). The Labute approximate surface area is 195 Å². The van der Waals surface area contributed by atoms with E-state index in [0.717, 1.165) is 22.8 Å². The predicted octanol–water partition coefficient (Wildman–Crippen LogP) is 3.01. The molecule has 3 heterocycles. The number of aromatic nitrogens is 4. The highest BCUT2D eigenvalue weighted by Gasteiger charge is 2.23. The Morgan fingerprint density at radius 1 is 1.09 bits per heavy atom. The van der Waals surface area contributed by atoms with Gasteiger partial charge in [0.25, 0.3) is 0 Å². The zero-order valence-corrected chi connectivity index (χ0v) is 18.8. The second-order valence-electron chi connectivity index (χ2n) is 7.48. The number of piperazine rings is 1. The number of benzene rings is 1. The molecule has 0 spiro atoms. The highest BCUT2D eigenvalue weighted by molar-refractivity contribution is 6.34. The summed E-state index contributed by atoms with van der Waals surface area (Å²) >= 11 is 6.69. The van der Waals surface area contributed by atoms with Gasteiger partial charge in [-0.05, 0) is 36.8 Å². The highest BCUT2D eigenvalue weighted by atomic mass is 35.5. The largest absolute Gasteiger partial charge is 0.352 e. The Kier molecular flexibility index (Phi) is 6.32. The Morgan fingerprint density at radius 3 is 2.55 bits per heavy atom. The van der Waals surface area contributed by atoms with E-state index in [1.807, 2.05) is 19.1 Å². The lowest BCUT2D eigenvalue weighted by Crippen LogP contribution is -2.48. The predicted molar refractivity (Wildman–Crippen MR) is 128 cm³/mol. The van der Waals surface area contributed by atoms with Gasteiger partial charge >= 0.3 is 0 Å². The van der Waals surface area contributed by atoms with Gasteiger partial charge in [0, 0.05) is 43.3 Å². The molecule has 0 unspecified atom stereocenters. The molecule has 10 heteroatoms. The monoisotopic (exact) mass is 463 g/mol. The SMILES string of the molecule is C=CC(=O)Nc1ncc(C)c(-c2cc3ncnc(N4CCN(C(=O)C=C)CC4)c3cc2Cl)n1. The third kappa shape index (κ3) is 4.54. The molecule has 1 aromatic carbocycles. The second-order valence-corrected chi connectivity index (χ2v) is 7.89. The first kappa shape index (κ1) is 22.3. The van der Waals surface area contributed by atoms with Crippen LogP contribution in [0.25, 0.3) is 22.2 Å². The number of nitrogens with one attached hydrogen (secondary N) is 1. The average Bonchev–Trinajstić information content (AvgIpc) is 2.84. The van der Waals surface area contributed by atoms with Crippen molar-refractivity contribution in [2.45, 2.75) is 6.92 Å². The first-order valence-electron chi connectivity index (χ1n) is 10.3. The minimum Gasteiger partial charge on any atom is -0.352 e.